The van der Waals surface area contributed by atoms with Gasteiger partial charge in [-0.1, -0.05) is 24.8 Å². The Hall–Kier alpha value is -2.54. The lowest BCUT2D eigenvalue weighted by molar-refractivity contribution is 0.361. The van der Waals surface area contributed by atoms with Crippen molar-refractivity contribution in [2.24, 2.45) is 0 Å². The van der Waals surface area contributed by atoms with E-state index in [0.29, 0.717) is 0 Å². The largest absolute Gasteiger partial charge is 0.487 e. The van der Waals surface area contributed by atoms with Gasteiger partial charge in [0.25, 0.3) is 0 Å². The van der Waals surface area contributed by atoms with Crippen molar-refractivity contribution >= 4 is 29.0 Å². The topological polar surface area (TPSA) is 33.3 Å². The van der Waals surface area contributed by atoms with Crippen molar-refractivity contribution in [1.29, 1.82) is 0 Å². The minimum Gasteiger partial charge on any atom is -0.487 e. The Balaban J connectivity index is 2.00. The SMILES string of the molecule is C=CCOc1cc(F)c(F)c(Nc2ccc(C)cc2F)c1NSC1(CC=C)CC1. The fourth-order valence-electron chi connectivity index (χ4n) is 2.85. The van der Waals surface area contributed by atoms with Crippen LogP contribution in [0.15, 0.2) is 49.6 Å². The summed E-state index contributed by atoms with van der Waals surface area (Å²) in [5, 5.41) is 2.69. The molecule has 0 amide bonds. The van der Waals surface area contributed by atoms with E-state index < -0.39 is 17.5 Å². The highest BCUT2D eigenvalue weighted by Gasteiger charge is 2.43. The van der Waals surface area contributed by atoms with Crippen LogP contribution in [0.5, 0.6) is 5.75 Å². The third kappa shape index (κ3) is 4.90. The summed E-state index contributed by atoms with van der Waals surface area (Å²) in [6.07, 6.45) is 6.09. The molecular weight excluding hydrogens is 397 g/mol. The monoisotopic (exact) mass is 420 g/mol. The third-order valence-electron chi connectivity index (χ3n) is 4.62. The number of aryl methyl sites for hydroxylation is 1. The van der Waals surface area contributed by atoms with Gasteiger partial charge in [-0.05, 0) is 55.8 Å². The minimum atomic E-state index is -1.12. The quantitative estimate of drug-likeness (QED) is 0.324. The van der Waals surface area contributed by atoms with E-state index in [2.05, 4.69) is 23.2 Å². The number of nitrogens with one attached hydrogen (secondary N) is 2. The Morgan fingerprint density at radius 1 is 1.10 bits per heavy atom. The Labute approximate surface area is 173 Å². The molecule has 0 bridgehead atoms. The molecular formula is C22H23F3N2OS. The molecule has 0 saturated heterocycles. The smallest absolute Gasteiger partial charge is 0.184 e. The van der Waals surface area contributed by atoms with E-state index in [1.807, 2.05) is 6.08 Å². The molecule has 1 aliphatic carbocycles. The zero-order valence-electron chi connectivity index (χ0n) is 16.2. The van der Waals surface area contributed by atoms with Gasteiger partial charge in [-0.15, -0.1) is 6.58 Å². The van der Waals surface area contributed by atoms with Crippen LogP contribution in [0.1, 0.15) is 24.8 Å². The van der Waals surface area contributed by atoms with Gasteiger partial charge in [0.1, 0.15) is 29.5 Å². The molecule has 0 unspecified atom stereocenters. The van der Waals surface area contributed by atoms with Crippen molar-refractivity contribution in [2.75, 3.05) is 16.6 Å². The lowest BCUT2D eigenvalue weighted by Gasteiger charge is -2.21. The number of ether oxygens (including phenoxy) is 1. The van der Waals surface area contributed by atoms with Crippen LogP contribution >= 0.6 is 11.9 Å². The van der Waals surface area contributed by atoms with Crippen molar-refractivity contribution in [3.05, 3.63) is 72.6 Å². The molecule has 29 heavy (non-hydrogen) atoms. The van der Waals surface area contributed by atoms with E-state index in [9.17, 15) is 13.2 Å². The minimum absolute atomic E-state index is 0.0330. The predicted molar refractivity (Wildman–Crippen MR) is 114 cm³/mol. The summed E-state index contributed by atoms with van der Waals surface area (Å²) >= 11 is 1.41. The average Bonchev–Trinajstić information content (AvgIpc) is 3.45. The van der Waals surface area contributed by atoms with Gasteiger partial charge < -0.3 is 14.8 Å². The highest BCUT2D eigenvalue weighted by atomic mass is 32.2. The van der Waals surface area contributed by atoms with E-state index in [1.54, 1.807) is 13.0 Å². The lowest BCUT2D eigenvalue weighted by atomic mass is 10.2. The molecule has 3 nitrogen and oxygen atoms in total. The highest BCUT2D eigenvalue weighted by Crippen LogP contribution is 2.53. The van der Waals surface area contributed by atoms with E-state index in [-0.39, 0.29) is 34.2 Å². The molecule has 2 aromatic rings. The number of anilines is 3. The van der Waals surface area contributed by atoms with Crippen molar-refractivity contribution in [3.8, 4) is 5.75 Å². The molecule has 1 saturated carbocycles. The summed E-state index contributed by atoms with van der Waals surface area (Å²) in [6, 6.07) is 5.46. The Bertz CT molecular complexity index is 929. The van der Waals surface area contributed by atoms with Gasteiger partial charge in [-0.2, -0.15) is 0 Å². The van der Waals surface area contributed by atoms with E-state index in [1.165, 1.54) is 30.2 Å². The molecule has 0 atom stereocenters. The average molecular weight is 421 g/mol. The van der Waals surface area contributed by atoms with Gasteiger partial charge in [0.05, 0.1) is 5.69 Å². The molecule has 1 fully saturated rings. The molecule has 0 heterocycles. The van der Waals surface area contributed by atoms with Crippen LogP contribution in [0.2, 0.25) is 0 Å². The molecule has 0 aliphatic heterocycles. The Morgan fingerprint density at radius 2 is 1.86 bits per heavy atom. The molecule has 0 radical (unpaired) electrons. The molecule has 0 spiro atoms. The van der Waals surface area contributed by atoms with Gasteiger partial charge in [-0.25, -0.2) is 13.2 Å². The molecule has 2 N–H and O–H groups in total. The highest BCUT2D eigenvalue weighted by molar-refractivity contribution is 8.02. The van der Waals surface area contributed by atoms with Gasteiger partial charge in [0.15, 0.2) is 11.6 Å². The summed E-state index contributed by atoms with van der Waals surface area (Å²) < 4.78 is 52.0. The summed E-state index contributed by atoms with van der Waals surface area (Å²) in [5.74, 6) is -2.67. The van der Waals surface area contributed by atoms with Crippen LogP contribution in [0.4, 0.5) is 30.2 Å². The molecule has 1 aliphatic rings. The molecule has 154 valence electrons. The summed E-state index contributed by atoms with van der Waals surface area (Å²) in [5.41, 5.74) is 0.756. The summed E-state index contributed by atoms with van der Waals surface area (Å²) in [4.78, 5) is 0. The van der Waals surface area contributed by atoms with Gasteiger partial charge in [-0.3, -0.25) is 0 Å². The standard InChI is InChI=1S/C22H23F3N2OS/c1-4-8-22(9-10-22)29-27-20-18(28-11-5-2)13-16(24)19(25)21(20)26-17-7-6-14(3)12-15(17)23/h4-7,12-13,26-27H,1-2,8-11H2,3H3. The summed E-state index contributed by atoms with van der Waals surface area (Å²) in [6.45, 7) is 9.21. The van der Waals surface area contributed by atoms with Gasteiger partial charge in [0, 0.05) is 10.8 Å². The first-order chi connectivity index (χ1) is 13.9. The van der Waals surface area contributed by atoms with Crippen molar-refractivity contribution in [3.63, 3.8) is 0 Å². The fraction of sp³-hybridized carbons (Fsp3) is 0.273. The zero-order chi connectivity index (χ0) is 21.0. The van der Waals surface area contributed by atoms with Crippen LogP contribution < -0.4 is 14.8 Å². The molecule has 7 heteroatoms. The normalized spacial score (nSPS) is 14.2. The number of halogens is 3. The predicted octanol–water partition coefficient (Wildman–Crippen LogP) is 6.89. The van der Waals surface area contributed by atoms with Crippen LogP contribution in [0, 0.1) is 24.4 Å². The maximum absolute atomic E-state index is 14.7. The number of benzene rings is 2. The van der Waals surface area contributed by atoms with Crippen LogP contribution in [0.25, 0.3) is 0 Å². The van der Waals surface area contributed by atoms with E-state index >= 15 is 0 Å². The van der Waals surface area contributed by atoms with Crippen molar-refractivity contribution < 1.29 is 17.9 Å². The van der Waals surface area contributed by atoms with Crippen LogP contribution in [-0.4, -0.2) is 11.4 Å². The van der Waals surface area contributed by atoms with Crippen molar-refractivity contribution in [2.45, 2.75) is 30.9 Å². The van der Waals surface area contributed by atoms with Crippen LogP contribution in [0.3, 0.4) is 0 Å². The maximum Gasteiger partial charge on any atom is 0.184 e. The maximum atomic E-state index is 14.7. The first-order valence-electron chi connectivity index (χ1n) is 9.23. The second-order valence-electron chi connectivity index (χ2n) is 7.01. The molecule has 0 aromatic heterocycles. The number of hydrogen-bond acceptors (Lipinski definition) is 4. The fourth-order valence-corrected chi connectivity index (χ4v) is 3.88. The van der Waals surface area contributed by atoms with E-state index in [0.717, 1.165) is 30.9 Å². The second-order valence-corrected chi connectivity index (χ2v) is 8.28. The Kier molecular flexibility index (Phi) is 6.47. The second kappa shape index (κ2) is 8.86. The first kappa shape index (κ1) is 21.2. The third-order valence-corrected chi connectivity index (χ3v) is 5.93. The van der Waals surface area contributed by atoms with Gasteiger partial charge >= 0.3 is 0 Å². The number of allylic oxidation sites excluding steroid dienone is 1. The molecule has 3 rings (SSSR count). The summed E-state index contributed by atoms with van der Waals surface area (Å²) in [7, 11) is 0. The van der Waals surface area contributed by atoms with Gasteiger partial charge in [0.2, 0.25) is 0 Å². The Morgan fingerprint density at radius 3 is 2.48 bits per heavy atom. The van der Waals surface area contributed by atoms with E-state index in [4.69, 9.17) is 4.74 Å². The number of rotatable bonds is 10. The molecule has 2 aromatic carbocycles. The zero-order valence-corrected chi connectivity index (χ0v) is 17.0. The number of hydrogen-bond donors (Lipinski definition) is 2. The van der Waals surface area contributed by atoms with Crippen LogP contribution in [-0.2, 0) is 0 Å². The van der Waals surface area contributed by atoms with Crippen molar-refractivity contribution in [1.82, 2.24) is 0 Å². The first-order valence-corrected chi connectivity index (χ1v) is 10.0. The lowest BCUT2D eigenvalue weighted by Crippen LogP contribution is -2.10.